The summed E-state index contributed by atoms with van der Waals surface area (Å²) in [6.45, 7) is 6.01. The number of halogens is 1. The molecule has 1 atom stereocenters. The van der Waals surface area contributed by atoms with Crippen LogP contribution in [0.1, 0.15) is 32.2 Å². The Labute approximate surface area is 91.1 Å². The molecule has 0 saturated heterocycles. The number of rotatable bonds is 3. The predicted molar refractivity (Wildman–Crippen MR) is 58.8 cm³/mol. The summed E-state index contributed by atoms with van der Waals surface area (Å²) in [5, 5.41) is 13.0. The fraction of sp³-hybridized carbons (Fsp3) is 0.667. The Hall–Kier alpha value is 0.0700. The molecular weight excluding hydrogens is 250 g/mol. The number of nitrogens with zero attached hydrogens (tertiary/aromatic N) is 1. The molecule has 0 bridgehead atoms. The minimum Gasteiger partial charge on any atom is -0.382 e. The first-order valence-electron chi connectivity index (χ1n) is 4.34. The number of aromatic nitrogens is 1. The molecule has 0 radical (unpaired) electrons. The van der Waals surface area contributed by atoms with Crippen LogP contribution in [-0.2, 0) is 5.60 Å². The summed E-state index contributed by atoms with van der Waals surface area (Å²) in [4.78, 5) is 4.26. The SMILES string of the molecule is CCC(O)(c1nc(Br)cs1)C(C)C. The van der Waals surface area contributed by atoms with Crippen LogP contribution in [0.4, 0.5) is 0 Å². The summed E-state index contributed by atoms with van der Waals surface area (Å²) in [7, 11) is 0. The predicted octanol–water partition coefficient (Wildman–Crippen LogP) is 3.16. The second-order valence-corrected chi connectivity index (χ2v) is 5.08. The van der Waals surface area contributed by atoms with E-state index in [1.807, 2.05) is 26.2 Å². The lowest BCUT2D eigenvalue weighted by Crippen LogP contribution is -2.30. The molecule has 1 N–H and O–H groups in total. The van der Waals surface area contributed by atoms with Crippen LogP contribution in [-0.4, -0.2) is 10.1 Å². The van der Waals surface area contributed by atoms with Gasteiger partial charge in [-0.05, 0) is 28.3 Å². The molecule has 1 aromatic rings. The van der Waals surface area contributed by atoms with Gasteiger partial charge in [0.1, 0.15) is 15.2 Å². The number of aliphatic hydroxyl groups is 1. The van der Waals surface area contributed by atoms with Crippen molar-refractivity contribution >= 4 is 27.3 Å². The average Bonchev–Trinajstić information content (AvgIpc) is 2.50. The molecule has 0 aliphatic heterocycles. The second kappa shape index (κ2) is 4.07. The van der Waals surface area contributed by atoms with Gasteiger partial charge in [-0.15, -0.1) is 11.3 Å². The van der Waals surface area contributed by atoms with Crippen molar-refractivity contribution in [3.63, 3.8) is 0 Å². The van der Waals surface area contributed by atoms with Gasteiger partial charge in [0.25, 0.3) is 0 Å². The summed E-state index contributed by atoms with van der Waals surface area (Å²) in [5.41, 5.74) is -0.767. The Balaban J connectivity index is 3.02. The van der Waals surface area contributed by atoms with E-state index in [4.69, 9.17) is 0 Å². The van der Waals surface area contributed by atoms with E-state index in [0.717, 1.165) is 9.61 Å². The van der Waals surface area contributed by atoms with E-state index in [2.05, 4.69) is 20.9 Å². The van der Waals surface area contributed by atoms with Gasteiger partial charge in [0.15, 0.2) is 0 Å². The molecule has 2 nitrogen and oxygen atoms in total. The van der Waals surface area contributed by atoms with Crippen LogP contribution in [0, 0.1) is 5.92 Å². The molecule has 1 aromatic heterocycles. The van der Waals surface area contributed by atoms with Crippen LogP contribution in [0.25, 0.3) is 0 Å². The lowest BCUT2D eigenvalue weighted by molar-refractivity contribution is -0.0142. The summed E-state index contributed by atoms with van der Waals surface area (Å²) in [6.07, 6.45) is 0.699. The van der Waals surface area contributed by atoms with Gasteiger partial charge in [-0.2, -0.15) is 0 Å². The molecule has 0 saturated carbocycles. The summed E-state index contributed by atoms with van der Waals surface area (Å²) >= 11 is 4.79. The Morgan fingerprint density at radius 3 is 2.62 bits per heavy atom. The Morgan fingerprint density at radius 2 is 2.31 bits per heavy atom. The first kappa shape index (κ1) is 11.1. The minimum absolute atomic E-state index is 0.190. The molecule has 13 heavy (non-hydrogen) atoms. The molecule has 0 amide bonds. The molecule has 0 spiro atoms. The molecule has 1 heterocycles. The molecule has 0 fully saturated rings. The van der Waals surface area contributed by atoms with E-state index < -0.39 is 5.60 Å². The molecule has 1 rings (SSSR count). The second-order valence-electron chi connectivity index (χ2n) is 3.41. The smallest absolute Gasteiger partial charge is 0.126 e. The van der Waals surface area contributed by atoms with Gasteiger partial charge in [0, 0.05) is 5.38 Å². The third-order valence-corrected chi connectivity index (χ3v) is 4.06. The highest BCUT2D eigenvalue weighted by molar-refractivity contribution is 9.10. The van der Waals surface area contributed by atoms with E-state index in [1.165, 1.54) is 11.3 Å². The third kappa shape index (κ3) is 2.11. The number of hydrogen-bond acceptors (Lipinski definition) is 3. The fourth-order valence-electron chi connectivity index (χ4n) is 1.26. The molecule has 74 valence electrons. The van der Waals surface area contributed by atoms with Crippen molar-refractivity contribution in [3.05, 3.63) is 15.0 Å². The third-order valence-electron chi connectivity index (χ3n) is 2.34. The van der Waals surface area contributed by atoms with Crippen molar-refractivity contribution in [3.8, 4) is 0 Å². The van der Waals surface area contributed by atoms with Crippen LogP contribution in [0.15, 0.2) is 9.98 Å². The maximum atomic E-state index is 10.3. The van der Waals surface area contributed by atoms with Crippen molar-refractivity contribution in [2.24, 2.45) is 5.92 Å². The van der Waals surface area contributed by atoms with Gasteiger partial charge in [-0.3, -0.25) is 0 Å². The summed E-state index contributed by atoms with van der Waals surface area (Å²) in [6, 6.07) is 0. The quantitative estimate of drug-likeness (QED) is 0.909. The minimum atomic E-state index is -0.767. The van der Waals surface area contributed by atoms with Crippen LogP contribution in [0.5, 0.6) is 0 Å². The van der Waals surface area contributed by atoms with Crippen LogP contribution in [0.3, 0.4) is 0 Å². The van der Waals surface area contributed by atoms with Gasteiger partial charge in [-0.25, -0.2) is 4.98 Å². The summed E-state index contributed by atoms with van der Waals surface area (Å²) < 4.78 is 0.806. The average molecular weight is 264 g/mol. The van der Waals surface area contributed by atoms with Gasteiger partial charge in [-0.1, -0.05) is 20.8 Å². The topological polar surface area (TPSA) is 33.1 Å². The highest BCUT2D eigenvalue weighted by Gasteiger charge is 2.33. The van der Waals surface area contributed by atoms with E-state index >= 15 is 0 Å². The maximum Gasteiger partial charge on any atom is 0.126 e. The first-order valence-corrected chi connectivity index (χ1v) is 6.01. The van der Waals surface area contributed by atoms with Gasteiger partial charge in [0.2, 0.25) is 0 Å². The van der Waals surface area contributed by atoms with E-state index in [9.17, 15) is 5.11 Å². The zero-order valence-electron chi connectivity index (χ0n) is 8.04. The highest BCUT2D eigenvalue weighted by atomic mass is 79.9. The van der Waals surface area contributed by atoms with E-state index in [1.54, 1.807) is 0 Å². The molecule has 4 heteroatoms. The molecule has 0 aliphatic rings. The first-order chi connectivity index (χ1) is 6.00. The Kier molecular flexibility index (Phi) is 3.49. The van der Waals surface area contributed by atoms with Crippen molar-refractivity contribution in [1.29, 1.82) is 0 Å². The lowest BCUT2D eigenvalue weighted by atomic mass is 9.88. The lowest BCUT2D eigenvalue weighted by Gasteiger charge is -2.28. The van der Waals surface area contributed by atoms with Gasteiger partial charge >= 0.3 is 0 Å². The zero-order valence-corrected chi connectivity index (χ0v) is 10.4. The highest BCUT2D eigenvalue weighted by Crippen LogP contribution is 2.35. The van der Waals surface area contributed by atoms with Crippen LogP contribution in [0.2, 0.25) is 0 Å². The normalized spacial score (nSPS) is 16.2. The maximum absolute atomic E-state index is 10.3. The zero-order chi connectivity index (χ0) is 10.1. The summed E-state index contributed by atoms with van der Waals surface area (Å²) in [5.74, 6) is 0.190. The van der Waals surface area contributed by atoms with Gasteiger partial charge in [0.05, 0.1) is 0 Å². The van der Waals surface area contributed by atoms with Crippen LogP contribution < -0.4 is 0 Å². The molecule has 0 aliphatic carbocycles. The van der Waals surface area contributed by atoms with Crippen LogP contribution >= 0.6 is 27.3 Å². The Bertz CT molecular complexity index is 287. The Morgan fingerprint density at radius 1 is 1.69 bits per heavy atom. The fourth-order valence-corrected chi connectivity index (χ4v) is 2.83. The standard InChI is InChI=1S/C9H14BrNOS/c1-4-9(12,6(2)3)8-11-7(10)5-13-8/h5-6,12H,4H2,1-3H3. The van der Waals surface area contributed by atoms with E-state index in [-0.39, 0.29) is 5.92 Å². The van der Waals surface area contributed by atoms with E-state index in [0.29, 0.717) is 6.42 Å². The molecule has 0 aromatic carbocycles. The van der Waals surface area contributed by atoms with Crippen molar-refractivity contribution in [2.75, 3.05) is 0 Å². The monoisotopic (exact) mass is 263 g/mol. The molecular formula is C9H14BrNOS. The van der Waals surface area contributed by atoms with Crippen molar-refractivity contribution in [1.82, 2.24) is 4.98 Å². The van der Waals surface area contributed by atoms with Gasteiger partial charge < -0.3 is 5.11 Å². The number of thiazole rings is 1. The van der Waals surface area contributed by atoms with Crippen molar-refractivity contribution in [2.45, 2.75) is 32.8 Å². The molecule has 1 unspecified atom stereocenters. The number of hydrogen-bond donors (Lipinski definition) is 1. The largest absolute Gasteiger partial charge is 0.382 e. The van der Waals surface area contributed by atoms with Crippen molar-refractivity contribution < 1.29 is 5.11 Å².